The van der Waals surface area contributed by atoms with E-state index in [1.807, 2.05) is 12.1 Å². The number of amides is 2. The maximum Gasteiger partial charge on any atom is 0.269 e. The Balaban J connectivity index is 1.41. The number of hydrazine groups is 1. The lowest BCUT2D eigenvalue weighted by Gasteiger charge is -2.13. The minimum absolute atomic E-state index is 0.0247. The predicted octanol–water partition coefficient (Wildman–Crippen LogP) is 3.70. The highest BCUT2D eigenvalue weighted by molar-refractivity contribution is 5.97. The quantitative estimate of drug-likeness (QED) is 0.303. The van der Waals surface area contributed by atoms with Crippen LogP contribution in [-0.4, -0.2) is 36.1 Å². The summed E-state index contributed by atoms with van der Waals surface area (Å²) in [5.74, 6) is 0.292. The number of anilines is 2. The average molecular weight is 473 g/mol. The number of hydrogen-bond donors (Lipinski definition) is 4. The van der Waals surface area contributed by atoms with Gasteiger partial charge in [0.1, 0.15) is 5.75 Å². The van der Waals surface area contributed by atoms with Gasteiger partial charge in [0.2, 0.25) is 5.91 Å². The fourth-order valence-corrected chi connectivity index (χ4v) is 3.52. The second-order valence-electron chi connectivity index (χ2n) is 7.59. The van der Waals surface area contributed by atoms with Crippen LogP contribution in [0.3, 0.4) is 0 Å². The fourth-order valence-electron chi connectivity index (χ4n) is 3.52. The third kappa shape index (κ3) is 5.41. The van der Waals surface area contributed by atoms with Gasteiger partial charge >= 0.3 is 0 Å². The van der Waals surface area contributed by atoms with Crippen molar-refractivity contribution in [3.8, 4) is 17.2 Å². The maximum absolute atomic E-state index is 12.4. The van der Waals surface area contributed by atoms with Crippen molar-refractivity contribution in [3.63, 3.8) is 0 Å². The lowest BCUT2D eigenvalue weighted by Crippen LogP contribution is -2.42. The van der Waals surface area contributed by atoms with E-state index in [1.165, 1.54) is 6.07 Å². The van der Waals surface area contributed by atoms with Gasteiger partial charge in [-0.05, 0) is 42.5 Å². The second-order valence-corrected chi connectivity index (χ2v) is 7.59. The number of aromatic hydroxyl groups is 1. The first-order valence-corrected chi connectivity index (χ1v) is 10.7. The van der Waals surface area contributed by atoms with Crippen LogP contribution in [0.5, 0.6) is 17.2 Å². The molecule has 0 atom stereocenters. The van der Waals surface area contributed by atoms with Crippen LogP contribution in [0.1, 0.15) is 15.9 Å². The van der Waals surface area contributed by atoms with E-state index in [0.717, 1.165) is 22.3 Å². The number of carbonyl (C=O) groups is 2. The number of methoxy groups -OCH3 is 2. The highest BCUT2D eigenvalue weighted by Gasteiger charge is 2.12. The number of rotatable bonds is 7. The average Bonchev–Trinajstić information content (AvgIpc) is 2.88. The molecule has 1 heterocycles. The Hall–Kier alpha value is -4.79. The molecule has 9 heteroatoms. The minimum Gasteiger partial charge on any atom is -0.508 e. The number of nitrogens with zero attached hydrogens (tertiary/aromatic N) is 1. The molecule has 0 aliphatic carbocycles. The molecular formula is C26H24N4O5. The summed E-state index contributed by atoms with van der Waals surface area (Å²) in [5.41, 5.74) is 7.88. The molecule has 35 heavy (non-hydrogen) atoms. The van der Waals surface area contributed by atoms with E-state index in [1.54, 1.807) is 68.9 Å². The molecular weight excluding hydrogens is 448 g/mol. The smallest absolute Gasteiger partial charge is 0.269 e. The molecule has 0 unspecified atom stereocenters. The van der Waals surface area contributed by atoms with Crippen molar-refractivity contribution in [2.75, 3.05) is 19.5 Å². The number of phenols is 1. The number of fused-ring (bicyclic) bond motifs is 1. The van der Waals surface area contributed by atoms with Crippen LogP contribution in [0.2, 0.25) is 0 Å². The zero-order valence-corrected chi connectivity index (χ0v) is 19.2. The molecule has 0 radical (unpaired) electrons. The van der Waals surface area contributed by atoms with E-state index < -0.39 is 11.8 Å². The number of benzene rings is 3. The summed E-state index contributed by atoms with van der Waals surface area (Å²) in [6.45, 7) is 0. The fraction of sp³-hybridized carbons (Fsp3) is 0.115. The summed E-state index contributed by atoms with van der Waals surface area (Å²) in [7, 11) is 3.15. The van der Waals surface area contributed by atoms with E-state index in [-0.39, 0.29) is 12.2 Å². The number of ether oxygens (including phenoxy) is 2. The highest BCUT2D eigenvalue weighted by Crippen LogP contribution is 2.35. The van der Waals surface area contributed by atoms with Gasteiger partial charge in [-0.25, -0.2) is 0 Å². The second kappa shape index (κ2) is 10.4. The molecule has 0 fully saturated rings. The molecule has 4 aromatic rings. The van der Waals surface area contributed by atoms with Gasteiger partial charge in [-0.15, -0.1) is 0 Å². The number of hydrogen-bond acceptors (Lipinski definition) is 7. The van der Waals surface area contributed by atoms with Crippen molar-refractivity contribution in [1.29, 1.82) is 0 Å². The zero-order valence-electron chi connectivity index (χ0n) is 19.2. The van der Waals surface area contributed by atoms with Crippen LogP contribution in [0, 0.1) is 0 Å². The number of nitrogens with one attached hydrogen (secondary N) is 3. The van der Waals surface area contributed by atoms with Crippen LogP contribution in [0.4, 0.5) is 11.4 Å². The maximum atomic E-state index is 12.4. The van der Waals surface area contributed by atoms with Crippen molar-refractivity contribution in [2.24, 2.45) is 0 Å². The van der Waals surface area contributed by atoms with Gasteiger partial charge in [-0.1, -0.05) is 18.2 Å². The molecule has 0 spiro atoms. The third-order valence-corrected chi connectivity index (χ3v) is 5.33. The normalized spacial score (nSPS) is 10.5. The Morgan fingerprint density at radius 3 is 2.34 bits per heavy atom. The van der Waals surface area contributed by atoms with Crippen LogP contribution >= 0.6 is 0 Å². The Bertz CT molecular complexity index is 1370. The van der Waals surface area contributed by atoms with Crippen molar-refractivity contribution in [1.82, 2.24) is 15.8 Å². The van der Waals surface area contributed by atoms with Gasteiger partial charge in [0.15, 0.2) is 11.5 Å². The predicted molar refractivity (Wildman–Crippen MR) is 132 cm³/mol. The van der Waals surface area contributed by atoms with Crippen LogP contribution < -0.4 is 25.6 Å². The summed E-state index contributed by atoms with van der Waals surface area (Å²) < 4.78 is 10.8. The molecule has 0 saturated carbocycles. The number of pyridine rings is 1. The van der Waals surface area contributed by atoms with Crippen molar-refractivity contribution < 1.29 is 24.2 Å². The minimum atomic E-state index is -0.464. The first-order chi connectivity index (χ1) is 17.0. The number of phenolic OH excluding ortho intramolecular Hbond substituents is 1. The summed E-state index contributed by atoms with van der Waals surface area (Å²) in [5, 5.41) is 13.9. The summed E-state index contributed by atoms with van der Waals surface area (Å²) in [6.07, 6.45) is 1.63. The van der Waals surface area contributed by atoms with Crippen LogP contribution in [0.25, 0.3) is 10.9 Å². The van der Waals surface area contributed by atoms with E-state index in [4.69, 9.17) is 9.47 Å². The first kappa shape index (κ1) is 23.4. The lowest BCUT2D eigenvalue weighted by molar-refractivity contribution is -0.121. The summed E-state index contributed by atoms with van der Waals surface area (Å²) in [6, 6.07) is 18.8. The topological polar surface area (TPSA) is 122 Å². The molecule has 9 nitrogen and oxygen atoms in total. The van der Waals surface area contributed by atoms with Crippen molar-refractivity contribution in [2.45, 2.75) is 6.42 Å². The molecule has 4 rings (SSSR count). The Morgan fingerprint density at radius 1 is 0.914 bits per heavy atom. The van der Waals surface area contributed by atoms with Gasteiger partial charge in [-0.2, -0.15) is 0 Å². The molecule has 178 valence electrons. The van der Waals surface area contributed by atoms with E-state index in [2.05, 4.69) is 21.2 Å². The van der Waals surface area contributed by atoms with Gasteiger partial charge in [0, 0.05) is 40.2 Å². The van der Waals surface area contributed by atoms with Crippen molar-refractivity contribution >= 4 is 34.1 Å². The Labute approximate surface area is 201 Å². The van der Waals surface area contributed by atoms with Crippen molar-refractivity contribution in [3.05, 3.63) is 84.1 Å². The summed E-state index contributed by atoms with van der Waals surface area (Å²) >= 11 is 0. The molecule has 0 bridgehead atoms. The first-order valence-electron chi connectivity index (χ1n) is 10.7. The monoisotopic (exact) mass is 472 g/mol. The molecule has 3 aromatic carbocycles. The van der Waals surface area contributed by atoms with Gasteiger partial charge in [0.05, 0.1) is 26.2 Å². The number of aromatic nitrogens is 1. The summed E-state index contributed by atoms with van der Waals surface area (Å²) in [4.78, 5) is 28.9. The largest absolute Gasteiger partial charge is 0.508 e. The molecule has 2 amide bonds. The van der Waals surface area contributed by atoms with Gasteiger partial charge in [0.25, 0.3) is 5.91 Å². The molecule has 0 aliphatic rings. The SMILES string of the molecule is COc1cc2nccc(Nc3ccc(C(=O)NNC(=O)Cc4ccccc4O)cc3)c2cc1OC. The standard InChI is InChI=1S/C26H24N4O5/c1-34-23-14-19-20(11-12-27-21(19)15-24(23)35-2)28-18-9-7-16(8-10-18)26(33)30-29-25(32)13-17-5-3-4-6-22(17)31/h3-12,14-15,31H,13H2,1-2H3,(H,27,28)(H,29,32)(H,30,33). The van der Waals surface area contributed by atoms with Gasteiger partial charge < -0.3 is 19.9 Å². The molecule has 4 N–H and O–H groups in total. The molecule has 1 aromatic heterocycles. The zero-order chi connectivity index (χ0) is 24.8. The van der Waals surface area contributed by atoms with E-state index in [0.29, 0.717) is 22.6 Å². The third-order valence-electron chi connectivity index (χ3n) is 5.33. The highest BCUT2D eigenvalue weighted by atomic mass is 16.5. The molecule has 0 aliphatic heterocycles. The number of carbonyl (C=O) groups excluding carboxylic acids is 2. The van der Waals surface area contributed by atoms with E-state index >= 15 is 0 Å². The number of para-hydroxylation sites is 1. The van der Waals surface area contributed by atoms with E-state index in [9.17, 15) is 14.7 Å². The Kier molecular flexibility index (Phi) is 6.96. The Morgan fingerprint density at radius 2 is 1.63 bits per heavy atom. The molecule has 0 saturated heterocycles. The lowest BCUT2D eigenvalue weighted by atomic mass is 10.1. The van der Waals surface area contributed by atoms with Gasteiger partial charge in [-0.3, -0.25) is 25.4 Å². The van der Waals surface area contributed by atoms with Crippen LogP contribution in [-0.2, 0) is 11.2 Å². The van der Waals surface area contributed by atoms with Crippen LogP contribution in [0.15, 0.2) is 72.9 Å².